The van der Waals surface area contributed by atoms with Gasteiger partial charge in [0.25, 0.3) is 0 Å². The lowest BCUT2D eigenvalue weighted by Crippen LogP contribution is -2.39. The Morgan fingerprint density at radius 2 is 2.24 bits per heavy atom. The summed E-state index contributed by atoms with van der Waals surface area (Å²) in [6.07, 6.45) is 1.12. The first kappa shape index (κ1) is 16.6. The normalized spacial score (nSPS) is 17.0. The van der Waals surface area contributed by atoms with Gasteiger partial charge in [-0.15, -0.1) is 12.4 Å². The number of amides is 1. The van der Waals surface area contributed by atoms with Crippen molar-refractivity contribution in [2.75, 3.05) is 52.5 Å². The van der Waals surface area contributed by atoms with E-state index < -0.39 is 0 Å². The van der Waals surface area contributed by atoms with Crippen molar-refractivity contribution in [1.82, 2.24) is 15.5 Å². The highest BCUT2D eigenvalue weighted by molar-refractivity contribution is 5.85. The molecule has 0 atom stereocenters. The first-order chi connectivity index (χ1) is 7.83. The molecule has 0 aromatic carbocycles. The van der Waals surface area contributed by atoms with Crippen LogP contribution in [0.1, 0.15) is 13.3 Å². The SMILES string of the molecule is CCOCCNC(=O)CN1CCCNCC1.Cl. The summed E-state index contributed by atoms with van der Waals surface area (Å²) in [7, 11) is 0. The van der Waals surface area contributed by atoms with Crippen molar-refractivity contribution < 1.29 is 9.53 Å². The zero-order valence-corrected chi connectivity index (χ0v) is 11.4. The van der Waals surface area contributed by atoms with E-state index in [1.807, 2.05) is 6.92 Å². The summed E-state index contributed by atoms with van der Waals surface area (Å²) in [5.41, 5.74) is 0. The van der Waals surface area contributed by atoms with Crippen LogP contribution >= 0.6 is 12.4 Å². The van der Waals surface area contributed by atoms with Gasteiger partial charge in [-0.05, 0) is 26.4 Å². The second kappa shape index (κ2) is 10.8. The molecule has 2 N–H and O–H groups in total. The van der Waals surface area contributed by atoms with E-state index in [2.05, 4.69) is 15.5 Å². The molecule has 1 heterocycles. The molecule has 1 rings (SSSR count). The zero-order chi connectivity index (χ0) is 11.6. The number of nitrogens with one attached hydrogen (secondary N) is 2. The van der Waals surface area contributed by atoms with Gasteiger partial charge >= 0.3 is 0 Å². The Labute approximate surface area is 110 Å². The average molecular weight is 266 g/mol. The topological polar surface area (TPSA) is 53.6 Å². The standard InChI is InChI=1S/C11H23N3O2.ClH/c1-2-16-9-6-13-11(15)10-14-7-3-4-12-5-8-14;/h12H,2-10H2,1H3,(H,13,15);1H. The van der Waals surface area contributed by atoms with Crippen LogP contribution in [0.4, 0.5) is 0 Å². The highest BCUT2D eigenvalue weighted by Crippen LogP contribution is 1.94. The maximum atomic E-state index is 11.6. The van der Waals surface area contributed by atoms with E-state index >= 15 is 0 Å². The van der Waals surface area contributed by atoms with Crippen molar-refractivity contribution in [3.63, 3.8) is 0 Å². The van der Waals surface area contributed by atoms with Crippen LogP contribution in [-0.4, -0.2) is 63.3 Å². The van der Waals surface area contributed by atoms with Gasteiger partial charge < -0.3 is 15.4 Å². The summed E-state index contributed by atoms with van der Waals surface area (Å²) >= 11 is 0. The quantitative estimate of drug-likeness (QED) is 0.657. The number of halogens is 1. The smallest absolute Gasteiger partial charge is 0.234 e. The van der Waals surface area contributed by atoms with Gasteiger partial charge in [-0.3, -0.25) is 9.69 Å². The molecule has 0 radical (unpaired) electrons. The Morgan fingerprint density at radius 1 is 1.41 bits per heavy atom. The van der Waals surface area contributed by atoms with E-state index in [1.165, 1.54) is 0 Å². The zero-order valence-electron chi connectivity index (χ0n) is 10.5. The highest BCUT2D eigenvalue weighted by atomic mass is 35.5. The van der Waals surface area contributed by atoms with Crippen LogP contribution in [0.3, 0.4) is 0 Å². The van der Waals surface area contributed by atoms with Crippen molar-refractivity contribution in [1.29, 1.82) is 0 Å². The molecular weight excluding hydrogens is 242 g/mol. The number of ether oxygens (including phenoxy) is 1. The van der Waals surface area contributed by atoms with Gasteiger partial charge in [0.05, 0.1) is 13.2 Å². The van der Waals surface area contributed by atoms with E-state index in [1.54, 1.807) is 0 Å². The molecule has 6 heteroatoms. The monoisotopic (exact) mass is 265 g/mol. The molecule has 102 valence electrons. The lowest BCUT2D eigenvalue weighted by Gasteiger charge is -2.18. The maximum absolute atomic E-state index is 11.6. The van der Waals surface area contributed by atoms with Gasteiger partial charge in [-0.1, -0.05) is 0 Å². The molecular formula is C11H24ClN3O2. The second-order valence-corrected chi connectivity index (χ2v) is 3.93. The summed E-state index contributed by atoms with van der Waals surface area (Å²) in [6, 6.07) is 0. The van der Waals surface area contributed by atoms with Crippen LogP contribution in [0.15, 0.2) is 0 Å². The molecule has 0 saturated carbocycles. The number of hydrogen-bond acceptors (Lipinski definition) is 4. The molecule has 0 aromatic heterocycles. The lowest BCUT2D eigenvalue weighted by molar-refractivity contribution is -0.122. The molecule has 17 heavy (non-hydrogen) atoms. The summed E-state index contributed by atoms with van der Waals surface area (Å²) in [5, 5.41) is 6.18. The fraction of sp³-hybridized carbons (Fsp3) is 0.909. The van der Waals surface area contributed by atoms with E-state index in [9.17, 15) is 4.79 Å². The van der Waals surface area contributed by atoms with Gasteiger partial charge in [-0.2, -0.15) is 0 Å². The first-order valence-corrected chi connectivity index (χ1v) is 6.10. The van der Waals surface area contributed by atoms with E-state index in [4.69, 9.17) is 4.74 Å². The Hall–Kier alpha value is -0.360. The van der Waals surface area contributed by atoms with Gasteiger partial charge in [-0.25, -0.2) is 0 Å². The highest BCUT2D eigenvalue weighted by Gasteiger charge is 2.11. The van der Waals surface area contributed by atoms with Gasteiger partial charge in [0.15, 0.2) is 0 Å². The lowest BCUT2D eigenvalue weighted by atomic mass is 10.4. The van der Waals surface area contributed by atoms with Crippen molar-refractivity contribution in [2.45, 2.75) is 13.3 Å². The van der Waals surface area contributed by atoms with Crippen molar-refractivity contribution in [3.8, 4) is 0 Å². The molecule has 1 aliphatic heterocycles. The largest absolute Gasteiger partial charge is 0.380 e. The third-order valence-electron chi connectivity index (χ3n) is 2.57. The fourth-order valence-electron chi connectivity index (χ4n) is 1.73. The molecule has 1 amide bonds. The summed E-state index contributed by atoms with van der Waals surface area (Å²) in [4.78, 5) is 13.7. The Bertz CT molecular complexity index is 197. The predicted molar refractivity (Wildman–Crippen MR) is 70.7 cm³/mol. The minimum absolute atomic E-state index is 0. The first-order valence-electron chi connectivity index (χ1n) is 6.10. The fourth-order valence-corrected chi connectivity index (χ4v) is 1.73. The third-order valence-corrected chi connectivity index (χ3v) is 2.57. The van der Waals surface area contributed by atoms with Crippen LogP contribution < -0.4 is 10.6 Å². The van der Waals surface area contributed by atoms with E-state index in [-0.39, 0.29) is 18.3 Å². The number of nitrogens with zero attached hydrogens (tertiary/aromatic N) is 1. The number of rotatable bonds is 6. The van der Waals surface area contributed by atoms with Crippen molar-refractivity contribution in [3.05, 3.63) is 0 Å². The molecule has 0 aromatic rings. The number of carbonyl (C=O) groups excluding carboxylic acids is 1. The molecule has 1 saturated heterocycles. The van der Waals surface area contributed by atoms with E-state index in [0.717, 1.165) is 32.6 Å². The van der Waals surface area contributed by atoms with Gasteiger partial charge in [0.2, 0.25) is 5.91 Å². The van der Waals surface area contributed by atoms with Crippen LogP contribution in [-0.2, 0) is 9.53 Å². The predicted octanol–water partition coefficient (Wildman–Crippen LogP) is -0.144. The third kappa shape index (κ3) is 8.37. The van der Waals surface area contributed by atoms with Crippen LogP contribution in [0.25, 0.3) is 0 Å². The van der Waals surface area contributed by atoms with Crippen LogP contribution in [0.2, 0.25) is 0 Å². The van der Waals surface area contributed by atoms with Crippen LogP contribution in [0, 0.1) is 0 Å². The molecule has 1 fully saturated rings. The Kier molecular flexibility index (Phi) is 10.5. The minimum Gasteiger partial charge on any atom is -0.380 e. The molecule has 0 bridgehead atoms. The minimum atomic E-state index is 0. The van der Waals surface area contributed by atoms with E-state index in [0.29, 0.717) is 26.3 Å². The Balaban J connectivity index is 0.00000256. The maximum Gasteiger partial charge on any atom is 0.234 e. The molecule has 0 spiro atoms. The molecule has 5 nitrogen and oxygen atoms in total. The van der Waals surface area contributed by atoms with Crippen molar-refractivity contribution in [2.24, 2.45) is 0 Å². The van der Waals surface area contributed by atoms with Gasteiger partial charge in [0.1, 0.15) is 0 Å². The number of hydrogen-bond donors (Lipinski definition) is 2. The summed E-state index contributed by atoms with van der Waals surface area (Å²) < 4.78 is 5.16. The second-order valence-electron chi connectivity index (χ2n) is 3.93. The molecule has 0 aliphatic carbocycles. The molecule has 1 aliphatic rings. The van der Waals surface area contributed by atoms with Crippen LogP contribution in [0.5, 0.6) is 0 Å². The molecule has 0 unspecified atom stereocenters. The van der Waals surface area contributed by atoms with Crippen molar-refractivity contribution >= 4 is 18.3 Å². The van der Waals surface area contributed by atoms with Gasteiger partial charge in [0, 0.05) is 26.2 Å². The number of carbonyl (C=O) groups is 1. The average Bonchev–Trinajstić information content (AvgIpc) is 2.53. The summed E-state index contributed by atoms with van der Waals surface area (Å²) in [6.45, 7) is 8.37. The Morgan fingerprint density at radius 3 is 3.00 bits per heavy atom. The summed E-state index contributed by atoms with van der Waals surface area (Å²) in [5.74, 6) is 0.0987.